The Morgan fingerprint density at radius 3 is 2.64 bits per heavy atom. The van der Waals surface area contributed by atoms with Crippen molar-refractivity contribution in [1.29, 1.82) is 0 Å². The van der Waals surface area contributed by atoms with Crippen LogP contribution in [0.4, 0.5) is 0 Å². The summed E-state index contributed by atoms with van der Waals surface area (Å²) < 4.78 is 5.02. The van der Waals surface area contributed by atoms with Gasteiger partial charge in [0.1, 0.15) is 23.2 Å². The number of carboxylic acid groups (broad SMARTS) is 1. The van der Waals surface area contributed by atoms with Gasteiger partial charge in [-0.1, -0.05) is 24.3 Å². The molecule has 1 aromatic rings. The second-order valence-corrected chi connectivity index (χ2v) is 7.57. The number of hydrogen-bond donors (Lipinski definition) is 4. The van der Waals surface area contributed by atoms with Crippen LogP contribution in [-0.2, 0) is 25.7 Å². The minimum Gasteiger partial charge on any atom is -0.477 e. The molecule has 0 aliphatic carbocycles. The van der Waals surface area contributed by atoms with Crippen molar-refractivity contribution in [2.24, 2.45) is 5.73 Å². The van der Waals surface area contributed by atoms with E-state index >= 15 is 0 Å². The fourth-order valence-electron chi connectivity index (χ4n) is 3.19. The Hall–Kier alpha value is -2.40. The molecule has 5 N–H and O–H groups in total. The molecular formula is C18H21N3O6S. The van der Waals surface area contributed by atoms with Gasteiger partial charge in [0.2, 0.25) is 5.91 Å². The second-order valence-electron chi connectivity index (χ2n) is 6.46. The molecular weight excluding hydrogens is 386 g/mol. The fraction of sp³-hybridized carbons (Fsp3) is 0.389. The number of fused-ring (bicyclic) bond motifs is 1. The third-order valence-corrected chi connectivity index (χ3v) is 6.01. The van der Waals surface area contributed by atoms with Crippen LogP contribution in [0.2, 0.25) is 0 Å². The average molecular weight is 407 g/mol. The molecule has 2 unspecified atom stereocenters. The number of aliphatic carboxylic acids is 1. The van der Waals surface area contributed by atoms with Gasteiger partial charge in [0.15, 0.2) is 0 Å². The molecule has 10 heteroatoms. The molecule has 1 saturated heterocycles. The number of β-lactam (4-membered cyclic amide) rings is 1. The Kier molecular flexibility index (Phi) is 6.04. The van der Waals surface area contributed by atoms with Gasteiger partial charge < -0.3 is 26.0 Å². The molecule has 2 heterocycles. The van der Waals surface area contributed by atoms with E-state index in [2.05, 4.69) is 5.32 Å². The summed E-state index contributed by atoms with van der Waals surface area (Å²) in [6.45, 7) is 0.00832. The van der Waals surface area contributed by atoms with Gasteiger partial charge in [-0.2, -0.15) is 0 Å². The third-order valence-electron chi connectivity index (χ3n) is 4.67. The van der Waals surface area contributed by atoms with Gasteiger partial charge in [0.05, 0.1) is 13.2 Å². The molecule has 3 rings (SSSR count). The van der Waals surface area contributed by atoms with Gasteiger partial charge in [-0.15, -0.1) is 11.8 Å². The average Bonchev–Trinajstić information content (AvgIpc) is 2.70. The number of carbonyl (C=O) groups is 3. The molecule has 3 atom stereocenters. The van der Waals surface area contributed by atoms with E-state index < -0.39 is 35.2 Å². The maximum absolute atomic E-state index is 12.5. The molecule has 2 aliphatic rings. The van der Waals surface area contributed by atoms with Crippen LogP contribution >= 0.6 is 11.8 Å². The summed E-state index contributed by atoms with van der Waals surface area (Å²) in [6.07, 6.45) is 0. The number of hydrogen-bond acceptors (Lipinski definition) is 7. The summed E-state index contributed by atoms with van der Waals surface area (Å²) in [5.74, 6) is -1.82. The van der Waals surface area contributed by atoms with Crippen molar-refractivity contribution in [3.05, 3.63) is 46.7 Å². The number of nitrogens with one attached hydrogen (secondary N) is 1. The number of nitrogens with zero attached hydrogens (tertiary/aromatic N) is 1. The SMILES string of the molecule is COCC1=C(C(=O)O)N2C(=O)C(NC(=O)C(N)c3ccc(CO)cc3)[C@H]2SC1. The van der Waals surface area contributed by atoms with Crippen LogP contribution in [0, 0.1) is 0 Å². The van der Waals surface area contributed by atoms with Gasteiger partial charge >= 0.3 is 5.97 Å². The van der Waals surface area contributed by atoms with Crippen LogP contribution in [0.25, 0.3) is 0 Å². The molecule has 0 aromatic heterocycles. The van der Waals surface area contributed by atoms with Gasteiger partial charge in [-0.05, 0) is 16.7 Å². The molecule has 0 spiro atoms. The third kappa shape index (κ3) is 3.63. The van der Waals surface area contributed by atoms with Crippen molar-refractivity contribution in [2.75, 3.05) is 19.5 Å². The van der Waals surface area contributed by atoms with Crippen LogP contribution < -0.4 is 11.1 Å². The Morgan fingerprint density at radius 2 is 2.07 bits per heavy atom. The van der Waals surface area contributed by atoms with Crippen LogP contribution in [-0.4, -0.2) is 63.8 Å². The van der Waals surface area contributed by atoms with E-state index in [1.165, 1.54) is 23.8 Å². The number of amides is 2. The van der Waals surface area contributed by atoms with Crippen molar-refractivity contribution in [1.82, 2.24) is 10.2 Å². The predicted octanol–water partition coefficient (Wildman–Crippen LogP) is -0.436. The maximum atomic E-state index is 12.5. The lowest BCUT2D eigenvalue weighted by Gasteiger charge is -2.49. The first kappa shape index (κ1) is 20.3. The highest BCUT2D eigenvalue weighted by molar-refractivity contribution is 8.00. The normalized spacial score (nSPS) is 22.4. The monoisotopic (exact) mass is 407 g/mol. The standard InChI is InChI=1S/C18H21N3O6S/c1-27-7-11-8-28-17-13(16(24)21(17)14(11)18(25)26)20-15(23)12(19)10-4-2-9(6-22)3-5-10/h2-5,12-13,17,22H,6-8,19H2,1H3,(H,20,23)(H,25,26)/t12?,13?,17-/m1/s1. The molecule has 2 aliphatic heterocycles. The Bertz CT molecular complexity index is 825. The summed E-state index contributed by atoms with van der Waals surface area (Å²) in [6, 6.07) is 4.79. The van der Waals surface area contributed by atoms with Gasteiger partial charge in [-0.25, -0.2) is 4.79 Å². The van der Waals surface area contributed by atoms with E-state index in [0.29, 0.717) is 22.5 Å². The lowest BCUT2D eigenvalue weighted by atomic mass is 10.0. The zero-order valence-corrected chi connectivity index (χ0v) is 15.9. The summed E-state index contributed by atoms with van der Waals surface area (Å²) >= 11 is 1.37. The van der Waals surface area contributed by atoms with Crippen LogP contribution in [0.1, 0.15) is 17.2 Å². The number of methoxy groups -OCH3 is 1. The first-order valence-electron chi connectivity index (χ1n) is 8.53. The molecule has 0 saturated carbocycles. The first-order chi connectivity index (χ1) is 13.4. The van der Waals surface area contributed by atoms with E-state index in [-0.39, 0.29) is 18.9 Å². The zero-order valence-electron chi connectivity index (χ0n) is 15.1. The number of thioether (sulfide) groups is 1. The zero-order chi connectivity index (χ0) is 20.4. The smallest absolute Gasteiger partial charge is 0.352 e. The van der Waals surface area contributed by atoms with Crippen molar-refractivity contribution in [3.8, 4) is 0 Å². The summed E-state index contributed by atoms with van der Waals surface area (Å²) in [5, 5.41) is 20.7. The number of benzene rings is 1. The minimum absolute atomic E-state index is 0.0787. The van der Waals surface area contributed by atoms with Crippen molar-refractivity contribution >= 4 is 29.5 Å². The molecule has 150 valence electrons. The number of ether oxygens (including phenoxy) is 1. The number of aliphatic hydroxyl groups excluding tert-OH is 1. The number of rotatable bonds is 7. The summed E-state index contributed by atoms with van der Waals surface area (Å²) in [4.78, 5) is 37.8. The Morgan fingerprint density at radius 1 is 1.39 bits per heavy atom. The number of carbonyl (C=O) groups excluding carboxylic acids is 2. The number of nitrogens with two attached hydrogens (primary N) is 1. The van der Waals surface area contributed by atoms with Gasteiger partial charge in [0, 0.05) is 12.9 Å². The predicted molar refractivity (Wildman–Crippen MR) is 101 cm³/mol. The van der Waals surface area contributed by atoms with Crippen LogP contribution in [0.3, 0.4) is 0 Å². The van der Waals surface area contributed by atoms with Crippen molar-refractivity contribution in [3.63, 3.8) is 0 Å². The lowest BCUT2D eigenvalue weighted by molar-refractivity contribution is -0.151. The maximum Gasteiger partial charge on any atom is 0.352 e. The molecule has 1 fully saturated rings. The van der Waals surface area contributed by atoms with Crippen molar-refractivity contribution < 1.29 is 29.3 Å². The second kappa shape index (κ2) is 8.31. The highest BCUT2D eigenvalue weighted by atomic mass is 32.2. The molecule has 0 radical (unpaired) electrons. The van der Waals surface area contributed by atoms with Crippen molar-refractivity contribution in [2.45, 2.75) is 24.1 Å². The topological polar surface area (TPSA) is 142 Å². The fourth-order valence-corrected chi connectivity index (χ4v) is 4.52. The quantitative estimate of drug-likeness (QED) is 0.446. The summed E-state index contributed by atoms with van der Waals surface area (Å²) in [5.41, 5.74) is 7.66. The molecule has 1 aromatic carbocycles. The Balaban J connectivity index is 1.70. The Labute approximate surface area is 165 Å². The van der Waals surface area contributed by atoms with E-state index in [9.17, 15) is 19.5 Å². The number of aliphatic hydroxyl groups is 1. The van der Waals surface area contributed by atoms with Crippen LogP contribution in [0.15, 0.2) is 35.5 Å². The van der Waals surface area contributed by atoms with Crippen LogP contribution in [0.5, 0.6) is 0 Å². The van der Waals surface area contributed by atoms with E-state index in [4.69, 9.17) is 15.6 Å². The van der Waals surface area contributed by atoms with E-state index in [1.807, 2.05) is 0 Å². The lowest BCUT2D eigenvalue weighted by Crippen LogP contribution is -2.71. The minimum atomic E-state index is -1.20. The first-order valence-corrected chi connectivity index (χ1v) is 9.58. The van der Waals surface area contributed by atoms with E-state index in [1.54, 1.807) is 24.3 Å². The summed E-state index contributed by atoms with van der Waals surface area (Å²) in [7, 11) is 1.46. The van der Waals surface area contributed by atoms with Gasteiger partial charge in [0.25, 0.3) is 5.91 Å². The molecule has 9 nitrogen and oxygen atoms in total. The number of carboxylic acids is 1. The highest BCUT2D eigenvalue weighted by Crippen LogP contribution is 2.40. The van der Waals surface area contributed by atoms with E-state index in [0.717, 1.165) is 0 Å². The van der Waals surface area contributed by atoms with Gasteiger partial charge in [-0.3, -0.25) is 14.5 Å². The molecule has 0 bridgehead atoms. The largest absolute Gasteiger partial charge is 0.477 e. The highest BCUT2D eigenvalue weighted by Gasteiger charge is 2.54. The molecule has 28 heavy (non-hydrogen) atoms. The molecule has 2 amide bonds.